The van der Waals surface area contributed by atoms with E-state index in [2.05, 4.69) is 45.1 Å². The molecule has 1 aliphatic rings. The Morgan fingerprint density at radius 3 is 3.08 bits per heavy atom. The number of nitrogens with zero attached hydrogens (tertiary/aromatic N) is 3. The molecular weight excluding hydrogens is 415 g/mol. The number of rotatable bonds is 5. The summed E-state index contributed by atoms with van der Waals surface area (Å²) in [5.41, 5.74) is 9.21. The molecule has 1 aliphatic heterocycles. The van der Waals surface area contributed by atoms with Crippen molar-refractivity contribution < 1.29 is 0 Å². The Balaban J connectivity index is 0.00000208. The van der Waals surface area contributed by atoms with E-state index in [-0.39, 0.29) is 24.0 Å². The van der Waals surface area contributed by atoms with E-state index in [9.17, 15) is 0 Å². The summed E-state index contributed by atoms with van der Waals surface area (Å²) in [7, 11) is 0. The molecule has 6 nitrogen and oxygen atoms in total. The zero-order chi connectivity index (χ0) is 16.2. The van der Waals surface area contributed by atoms with Gasteiger partial charge in [0.2, 0.25) is 0 Å². The van der Waals surface area contributed by atoms with Crippen LogP contribution in [0.3, 0.4) is 0 Å². The van der Waals surface area contributed by atoms with E-state index < -0.39 is 0 Å². The molecule has 24 heavy (non-hydrogen) atoms. The van der Waals surface area contributed by atoms with E-state index in [1.54, 1.807) is 0 Å². The molecule has 1 unspecified atom stereocenters. The number of likely N-dealkylation sites (tertiary alicyclic amines) is 1. The minimum atomic E-state index is 0. The first-order valence-electron chi connectivity index (χ1n) is 8.39. The lowest BCUT2D eigenvalue weighted by molar-refractivity contribution is 0.267. The van der Waals surface area contributed by atoms with Crippen LogP contribution in [0.2, 0.25) is 0 Å². The summed E-state index contributed by atoms with van der Waals surface area (Å²) in [5, 5.41) is 3.25. The first-order valence-corrected chi connectivity index (χ1v) is 8.39. The second-order valence-corrected chi connectivity index (χ2v) is 6.16. The van der Waals surface area contributed by atoms with Gasteiger partial charge < -0.3 is 16.0 Å². The van der Waals surface area contributed by atoms with Crippen LogP contribution in [0, 0.1) is 6.92 Å². The van der Waals surface area contributed by atoms with Crippen molar-refractivity contribution in [2.45, 2.75) is 39.3 Å². The number of aryl methyl sites for hydroxylation is 1. The lowest BCUT2D eigenvalue weighted by atomic mass is 10.2. The summed E-state index contributed by atoms with van der Waals surface area (Å²) < 4.78 is 0. The monoisotopic (exact) mass is 442 g/mol. The Morgan fingerprint density at radius 2 is 2.33 bits per heavy atom. The molecule has 4 N–H and O–H groups in total. The number of para-hydroxylation sites is 1. The number of likely N-dealkylation sites (N-methyl/N-ethyl adjacent to an activating group) is 1. The second kappa shape index (κ2) is 8.66. The van der Waals surface area contributed by atoms with Crippen LogP contribution in [0.25, 0.3) is 11.0 Å². The second-order valence-electron chi connectivity index (χ2n) is 6.16. The standard InChI is InChI=1S/C17H26N6.HI/c1-3-23-9-5-7-13(23)10-19-17(18)20-11-15-21-14-8-4-6-12(2)16(14)22-15;/h4,6,8,13H,3,5,7,9-11H2,1-2H3,(H,21,22)(H3,18,19,20);1H. The van der Waals surface area contributed by atoms with Gasteiger partial charge in [0.25, 0.3) is 0 Å². The number of halogens is 1. The van der Waals surface area contributed by atoms with E-state index in [1.165, 1.54) is 24.9 Å². The number of aliphatic imine (C=N–C) groups is 1. The first kappa shape index (κ1) is 19.0. The Bertz CT molecular complexity index is 695. The fraction of sp³-hybridized carbons (Fsp3) is 0.529. The van der Waals surface area contributed by atoms with Gasteiger partial charge in [-0.3, -0.25) is 4.90 Å². The molecule has 1 atom stereocenters. The molecule has 2 heterocycles. The molecule has 1 aromatic carbocycles. The quantitative estimate of drug-likeness (QED) is 0.377. The third-order valence-electron chi connectivity index (χ3n) is 4.59. The van der Waals surface area contributed by atoms with Gasteiger partial charge in [-0.25, -0.2) is 9.98 Å². The number of hydrogen-bond acceptors (Lipinski definition) is 3. The van der Waals surface area contributed by atoms with Crippen LogP contribution in [-0.2, 0) is 6.54 Å². The summed E-state index contributed by atoms with van der Waals surface area (Å²) in [4.78, 5) is 14.8. The number of guanidine groups is 1. The molecule has 0 amide bonds. The van der Waals surface area contributed by atoms with Gasteiger partial charge in [-0.15, -0.1) is 24.0 Å². The molecule has 0 saturated carbocycles. The molecule has 0 aliphatic carbocycles. The highest BCUT2D eigenvalue weighted by atomic mass is 127. The van der Waals surface area contributed by atoms with Crippen LogP contribution in [0.15, 0.2) is 23.2 Å². The number of imidazole rings is 1. The van der Waals surface area contributed by atoms with Gasteiger partial charge >= 0.3 is 0 Å². The number of H-pyrrole nitrogens is 1. The Kier molecular flexibility index (Phi) is 6.85. The third kappa shape index (κ3) is 4.38. The van der Waals surface area contributed by atoms with Crippen molar-refractivity contribution in [3.8, 4) is 0 Å². The zero-order valence-electron chi connectivity index (χ0n) is 14.4. The van der Waals surface area contributed by atoms with Crippen LogP contribution in [0.1, 0.15) is 31.2 Å². The van der Waals surface area contributed by atoms with Gasteiger partial charge in [0.1, 0.15) is 12.4 Å². The Hall–Kier alpha value is -1.35. The highest BCUT2D eigenvalue weighted by Crippen LogP contribution is 2.16. The molecule has 0 radical (unpaired) electrons. The van der Waals surface area contributed by atoms with Crippen molar-refractivity contribution in [2.24, 2.45) is 10.7 Å². The van der Waals surface area contributed by atoms with Crippen LogP contribution in [0.4, 0.5) is 0 Å². The number of fused-ring (bicyclic) bond motifs is 1. The average Bonchev–Trinajstić information content (AvgIpc) is 3.17. The topological polar surface area (TPSA) is 82.3 Å². The predicted octanol–water partition coefficient (Wildman–Crippen LogP) is 2.38. The van der Waals surface area contributed by atoms with E-state index >= 15 is 0 Å². The van der Waals surface area contributed by atoms with Gasteiger partial charge in [0.15, 0.2) is 5.96 Å². The highest BCUT2D eigenvalue weighted by molar-refractivity contribution is 14.0. The van der Waals surface area contributed by atoms with E-state index in [0.717, 1.165) is 29.9 Å². The lowest BCUT2D eigenvalue weighted by Crippen LogP contribution is -2.42. The summed E-state index contributed by atoms with van der Waals surface area (Å²) in [6.07, 6.45) is 2.51. The maximum Gasteiger partial charge on any atom is 0.189 e. The number of nitrogens with two attached hydrogens (primary N) is 1. The van der Waals surface area contributed by atoms with Gasteiger partial charge in [-0.1, -0.05) is 19.1 Å². The summed E-state index contributed by atoms with van der Waals surface area (Å²) in [6.45, 7) is 7.89. The van der Waals surface area contributed by atoms with Gasteiger partial charge in [0, 0.05) is 12.6 Å². The largest absolute Gasteiger partial charge is 0.370 e. The summed E-state index contributed by atoms with van der Waals surface area (Å²) in [6, 6.07) is 6.69. The van der Waals surface area contributed by atoms with Crippen LogP contribution in [-0.4, -0.2) is 46.5 Å². The normalized spacial score (nSPS) is 18.8. The molecule has 132 valence electrons. The Labute approximate surface area is 160 Å². The van der Waals surface area contributed by atoms with E-state index in [4.69, 9.17) is 5.73 Å². The minimum absolute atomic E-state index is 0. The fourth-order valence-corrected chi connectivity index (χ4v) is 3.28. The van der Waals surface area contributed by atoms with Crippen LogP contribution < -0.4 is 11.1 Å². The van der Waals surface area contributed by atoms with E-state index in [0.29, 0.717) is 18.5 Å². The van der Waals surface area contributed by atoms with Gasteiger partial charge in [-0.2, -0.15) is 0 Å². The van der Waals surface area contributed by atoms with Crippen LogP contribution >= 0.6 is 24.0 Å². The molecule has 2 aromatic rings. The number of aromatic nitrogens is 2. The predicted molar refractivity (Wildman–Crippen MR) is 110 cm³/mol. The third-order valence-corrected chi connectivity index (χ3v) is 4.59. The van der Waals surface area contributed by atoms with Crippen molar-refractivity contribution in [3.05, 3.63) is 29.6 Å². The van der Waals surface area contributed by atoms with Crippen LogP contribution in [0.5, 0.6) is 0 Å². The SMILES string of the molecule is CCN1CCCC1CNC(N)=NCc1nc2c(C)cccc2[nH]1.I. The number of hydrogen-bond donors (Lipinski definition) is 3. The van der Waals surface area contributed by atoms with Crippen molar-refractivity contribution in [3.63, 3.8) is 0 Å². The summed E-state index contributed by atoms with van der Waals surface area (Å²) in [5.74, 6) is 1.33. The Morgan fingerprint density at radius 1 is 1.50 bits per heavy atom. The number of nitrogens with one attached hydrogen (secondary N) is 2. The number of aromatic amines is 1. The van der Waals surface area contributed by atoms with E-state index in [1.807, 2.05) is 12.1 Å². The number of benzene rings is 1. The first-order chi connectivity index (χ1) is 11.2. The van der Waals surface area contributed by atoms with Crippen molar-refractivity contribution in [1.29, 1.82) is 0 Å². The molecule has 3 rings (SSSR count). The lowest BCUT2D eigenvalue weighted by Gasteiger charge is -2.23. The van der Waals surface area contributed by atoms with Crippen molar-refractivity contribution >= 4 is 41.0 Å². The van der Waals surface area contributed by atoms with Crippen molar-refractivity contribution in [2.75, 3.05) is 19.6 Å². The summed E-state index contributed by atoms with van der Waals surface area (Å²) >= 11 is 0. The van der Waals surface area contributed by atoms with Gasteiger partial charge in [-0.05, 0) is 44.5 Å². The maximum atomic E-state index is 5.99. The minimum Gasteiger partial charge on any atom is -0.370 e. The van der Waals surface area contributed by atoms with Crippen molar-refractivity contribution in [1.82, 2.24) is 20.2 Å². The average molecular weight is 442 g/mol. The molecule has 0 bridgehead atoms. The molecule has 7 heteroatoms. The smallest absolute Gasteiger partial charge is 0.189 e. The maximum absolute atomic E-state index is 5.99. The molecular formula is C17H27IN6. The zero-order valence-corrected chi connectivity index (χ0v) is 16.7. The highest BCUT2D eigenvalue weighted by Gasteiger charge is 2.22. The molecule has 1 saturated heterocycles. The van der Waals surface area contributed by atoms with Gasteiger partial charge in [0.05, 0.1) is 11.0 Å². The molecule has 0 spiro atoms. The molecule has 1 aromatic heterocycles. The fourth-order valence-electron chi connectivity index (χ4n) is 3.28. The molecule has 1 fully saturated rings.